The van der Waals surface area contributed by atoms with Crippen molar-refractivity contribution >= 4 is 46.2 Å². The Morgan fingerprint density at radius 3 is 2.68 bits per heavy atom. The standard InChI is InChI=1S/C26H25ClN6S/c1-16-2-3-17-13-26(14-18(17)12-16)7-10-33(11-8-26)21-15-30-25-19(31-21)4-5-22(32-25)34-20-6-9-29-24(28)23(20)27/h2-6,9,12,15H,7-8,10-11,13-14H2,1H3,(H2,28,29). The molecule has 0 radical (unpaired) electrons. The number of aryl methyl sites for hydroxylation is 1. The Labute approximate surface area is 208 Å². The lowest BCUT2D eigenvalue weighted by molar-refractivity contribution is 0.232. The SMILES string of the molecule is Cc1ccc2c(c1)CC1(CCN(c3cnc4nc(Sc5ccnc(N)c5Cl)ccc4n3)CC1)C2. The largest absolute Gasteiger partial charge is 0.382 e. The number of pyridine rings is 2. The Bertz CT molecular complexity index is 1400. The van der Waals surface area contributed by atoms with Gasteiger partial charge in [0, 0.05) is 24.2 Å². The summed E-state index contributed by atoms with van der Waals surface area (Å²) < 4.78 is 0. The van der Waals surface area contributed by atoms with E-state index in [0.29, 0.717) is 21.9 Å². The third-order valence-electron chi connectivity index (χ3n) is 7.10. The van der Waals surface area contributed by atoms with Crippen LogP contribution in [-0.2, 0) is 12.8 Å². The minimum Gasteiger partial charge on any atom is -0.382 e. The molecule has 6 rings (SSSR count). The Morgan fingerprint density at radius 1 is 1.00 bits per heavy atom. The molecule has 2 aliphatic rings. The number of benzene rings is 1. The summed E-state index contributed by atoms with van der Waals surface area (Å²) >= 11 is 7.72. The quantitative estimate of drug-likeness (QED) is 0.407. The van der Waals surface area contributed by atoms with E-state index in [1.807, 2.05) is 24.4 Å². The number of hydrogen-bond acceptors (Lipinski definition) is 7. The van der Waals surface area contributed by atoms with E-state index in [-0.39, 0.29) is 0 Å². The van der Waals surface area contributed by atoms with Crippen molar-refractivity contribution in [2.24, 2.45) is 5.41 Å². The fourth-order valence-corrected chi connectivity index (χ4v) is 6.29. The topological polar surface area (TPSA) is 80.8 Å². The Hall–Kier alpha value is -2.90. The zero-order chi connectivity index (χ0) is 23.3. The molecule has 3 aromatic heterocycles. The molecule has 4 heterocycles. The number of aromatic nitrogens is 4. The van der Waals surface area contributed by atoms with Gasteiger partial charge in [0.2, 0.25) is 0 Å². The van der Waals surface area contributed by atoms with Crippen LogP contribution in [0.3, 0.4) is 0 Å². The second-order valence-electron chi connectivity index (χ2n) is 9.44. The summed E-state index contributed by atoms with van der Waals surface area (Å²) in [4.78, 5) is 21.4. The second kappa shape index (κ2) is 8.40. The molecule has 34 heavy (non-hydrogen) atoms. The van der Waals surface area contributed by atoms with E-state index in [1.165, 1.54) is 43.0 Å². The molecule has 1 aromatic carbocycles. The van der Waals surface area contributed by atoms with Gasteiger partial charge in [-0.2, -0.15) is 0 Å². The van der Waals surface area contributed by atoms with Gasteiger partial charge in [-0.05, 0) is 67.3 Å². The highest BCUT2D eigenvalue weighted by atomic mass is 35.5. The molecule has 0 amide bonds. The second-order valence-corrected chi connectivity index (χ2v) is 10.9. The number of hydrogen-bond donors (Lipinski definition) is 1. The normalized spacial score (nSPS) is 16.8. The fraction of sp³-hybridized carbons (Fsp3) is 0.308. The first-order valence-corrected chi connectivity index (χ1v) is 12.7. The molecule has 0 atom stereocenters. The first-order valence-electron chi connectivity index (χ1n) is 11.5. The highest BCUT2D eigenvalue weighted by Gasteiger charge is 2.40. The van der Waals surface area contributed by atoms with Gasteiger partial charge in [-0.1, -0.05) is 47.1 Å². The van der Waals surface area contributed by atoms with E-state index in [1.54, 1.807) is 17.3 Å². The van der Waals surface area contributed by atoms with Crippen molar-refractivity contribution in [2.45, 2.75) is 42.5 Å². The van der Waals surface area contributed by atoms with Crippen LogP contribution in [-0.4, -0.2) is 33.0 Å². The summed E-state index contributed by atoms with van der Waals surface area (Å²) in [7, 11) is 0. The number of rotatable bonds is 3. The van der Waals surface area contributed by atoms with Crippen molar-refractivity contribution in [2.75, 3.05) is 23.7 Å². The minimum absolute atomic E-state index is 0.316. The Balaban J connectivity index is 1.16. The van der Waals surface area contributed by atoms with Gasteiger partial charge in [0.1, 0.15) is 22.2 Å². The van der Waals surface area contributed by atoms with Gasteiger partial charge in [0.25, 0.3) is 0 Å². The number of nitrogens with zero attached hydrogens (tertiary/aromatic N) is 5. The van der Waals surface area contributed by atoms with E-state index in [4.69, 9.17) is 22.3 Å². The highest BCUT2D eigenvalue weighted by Crippen LogP contribution is 2.45. The maximum absolute atomic E-state index is 6.28. The van der Waals surface area contributed by atoms with E-state index >= 15 is 0 Å². The van der Waals surface area contributed by atoms with E-state index in [9.17, 15) is 0 Å². The summed E-state index contributed by atoms with van der Waals surface area (Å²) in [6, 6.07) is 12.7. The van der Waals surface area contributed by atoms with Crippen molar-refractivity contribution in [3.63, 3.8) is 0 Å². The van der Waals surface area contributed by atoms with Crippen molar-refractivity contribution in [3.8, 4) is 0 Å². The van der Waals surface area contributed by atoms with Crippen LogP contribution in [0.5, 0.6) is 0 Å². The monoisotopic (exact) mass is 488 g/mol. The van der Waals surface area contributed by atoms with Crippen LogP contribution in [0.25, 0.3) is 11.2 Å². The predicted molar refractivity (Wildman–Crippen MR) is 138 cm³/mol. The molecule has 1 spiro atoms. The number of nitrogen functional groups attached to an aromatic ring is 1. The summed E-state index contributed by atoms with van der Waals surface area (Å²) in [6.45, 7) is 4.21. The van der Waals surface area contributed by atoms with Gasteiger partial charge in [-0.15, -0.1) is 0 Å². The predicted octanol–water partition coefficient (Wildman–Crippen LogP) is 5.50. The van der Waals surface area contributed by atoms with Gasteiger partial charge >= 0.3 is 0 Å². The van der Waals surface area contributed by atoms with Gasteiger partial charge < -0.3 is 10.6 Å². The first-order chi connectivity index (χ1) is 16.5. The smallest absolute Gasteiger partial charge is 0.179 e. The van der Waals surface area contributed by atoms with E-state index in [0.717, 1.165) is 34.3 Å². The summed E-state index contributed by atoms with van der Waals surface area (Å²) in [5.41, 5.74) is 12.1. The lowest BCUT2D eigenvalue weighted by atomic mass is 9.76. The molecule has 0 saturated carbocycles. The fourth-order valence-electron chi connectivity index (χ4n) is 5.25. The van der Waals surface area contributed by atoms with Crippen molar-refractivity contribution in [3.05, 3.63) is 70.5 Å². The van der Waals surface area contributed by atoms with E-state index < -0.39 is 0 Å². The first kappa shape index (κ1) is 21.6. The molecule has 1 fully saturated rings. The van der Waals surface area contributed by atoms with Crippen LogP contribution in [0.4, 0.5) is 11.6 Å². The van der Waals surface area contributed by atoms with Gasteiger partial charge in [0.15, 0.2) is 5.65 Å². The summed E-state index contributed by atoms with van der Waals surface area (Å²) in [5, 5.41) is 1.23. The van der Waals surface area contributed by atoms with Crippen molar-refractivity contribution < 1.29 is 0 Å². The van der Waals surface area contributed by atoms with Crippen LogP contribution in [0.1, 0.15) is 29.5 Å². The van der Waals surface area contributed by atoms with E-state index in [2.05, 4.69) is 45.0 Å². The number of nitrogens with two attached hydrogens (primary N) is 1. The molecule has 1 aliphatic heterocycles. The number of piperidine rings is 1. The van der Waals surface area contributed by atoms with Crippen LogP contribution in [0, 0.1) is 12.3 Å². The minimum atomic E-state index is 0.316. The van der Waals surface area contributed by atoms with Gasteiger partial charge in [0.05, 0.1) is 11.2 Å². The third-order valence-corrected chi connectivity index (χ3v) is 8.61. The average molecular weight is 489 g/mol. The molecule has 172 valence electrons. The third kappa shape index (κ3) is 3.97. The van der Waals surface area contributed by atoms with Gasteiger partial charge in [-0.3, -0.25) is 0 Å². The Morgan fingerprint density at radius 2 is 1.82 bits per heavy atom. The molecular formula is C26H25ClN6S. The molecule has 1 saturated heterocycles. The maximum Gasteiger partial charge on any atom is 0.179 e. The highest BCUT2D eigenvalue weighted by molar-refractivity contribution is 7.99. The molecular weight excluding hydrogens is 464 g/mol. The zero-order valence-corrected chi connectivity index (χ0v) is 20.5. The van der Waals surface area contributed by atoms with Crippen LogP contribution in [0.15, 0.2) is 58.7 Å². The number of anilines is 2. The molecule has 4 aromatic rings. The molecule has 1 aliphatic carbocycles. The summed E-state index contributed by atoms with van der Waals surface area (Å²) in [6.07, 6.45) is 8.28. The average Bonchev–Trinajstić information content (AvgIpc) is 3.19. The van der Waals surface area contributed by atoms with Crippen LogP contribution >= 0.6 is 23.4 Å². The van der Waals surface area contributed by atoms with Crippen LogP contribution < -0.4 is 10.6 Å². The van der Waals surface area contributed by atoms with Crippen LogP contribution in [0.2, 0.25) is 5.02 Å². The number of halogens is 1. The molecule has 2 N–H and O–H groups in total. The number of fused-ring (bicyclic) bond motifs is 2. The molecule has 8 heteroatoms. The summed E-state index contributed by atoms with van der Waals surface area (Å²) in [5.74, 6) is 1.25. The van der Waals surface area contributed by atoms with Crippen molar-refractivity contribution in [1.82, 2.24) is 19.9 Å². The Kier molecular flexibility index (Phi) is 5.34. The maximum atomic E-state index is 6.28. The van der Waals surface area contributed by atoms with Crippen molar-refractivity contribution in [1.29, 1.82) is 0 Å². The lowest BCUT2D eigenvalue weighted by Gasteiger charge is -2.39. The van der Waals surface area contributed by atoms with Gasteiger partial charge in [-0.25, -0.2) is 19.9 Å². The zero-order valence-electron chi connectivity index (χ0n) is 19.0. The lowest BCUT2D eigenvalue weighted by Crippen LogP contribution is -2.41. The molecule has 6 nitrogen and oxygen atoms in total. The molecule has 0 bridgehead atoms. The molecule has 0 unspecified atom stereocenters.